The van der Waals surface area contributed by atoms with Gasteiger partial charge in [0.15, 0.2) is 0 Å². The largest absolute Gasteiger partial charge is 0.351 e. The summed E-state index contributed by atoms with van der Waals surface area (Å²) in [6.07, 6.45) is 4.33. The van der Waals surface area contributed by atoms with E-state index in [1.165, 1.54) is 11.1 Å². The summed E-state index contributed by atoms with van der Waals surface area (Å²) in [6, 6.07) is 10.4. The van der Waals surface area contributed by atoms with Crippen LogP contribution in [0.25, 0.3) is 11.4 Å². The van der Waals surface area contributed by atoms with Gasteiger partial charge < -0.3 is 5.32 Å². The number of aromatic nitrogens is 4. The molecule has 7 heteroatoms. The Hall–Kier alpha value is -2.93. The number of hydrogen-bond donors (Lipinski definition) is 2. The minimum Gasteiger partial charge on any atom is -0.351 e. The standard InChI is InChI=1S/C19H22N6O/c1-24-17(6-8-22-24)18-16(12-21-23-18)19(26)20-9-11-25-10-7-14-4-2-3-5-15(14)13-25/h2-6,8,12H,7,9-11,13H2,1H3,(H,20,26)(H,21,23). The molecule has 2 aromatic heterocycles. The summed E-state index contributed by atoms with van der Waals surface area (Å²) < 4.78 is 1.72. The Labute approximate surface area is 152 Å². The Balaban J connectivity index is 1.35. The normalized spacial score (nSPS) is 14.2. The quantitative estimate of drug-likeness (QED) is 0.733. The molecule has 0 fully saturated rings. The summed E-state index contributed by atoms with van der Waals surface area (Å²) in [4.78, 5) is 14.9. The maximum Gasteiger partial charge on any atom is 0.255 e. The van der Waals surface area contributed by atoms with Crippen LogP contribution in [0.15, 0.2) is 42.7 Å². The molecule has 1 aliphatic rings. The fourth-order valence-electron chi connectivity index (χ4n) is 3.44. The molecular formula is C19H22N6O. The van der Waals surface area contributed by atoms with Crippen LogP contribution in [0.5, 0.6) is 0 Å². The molecule has 3 aromatic rings. The van der Waals surface area contributed by atoms with Crippen molar-refractivity contribution in [2.24, 2.45) is 7.05 Å². The summed E-state index contributed by atoms with van der Waals surface area (Å²) in [5, 5.41) is 14.1. The lowest BCUT2D eigenvalue weighted by Crippen LogP contribution is -2.37. The zero-order valence-corrected chi connectivity index (χ0v) is 14.8. The number of nitrogens with zero attached hydrogens (tertiary/aromatic N) is 4. The first-order valence-corrected chi connectivity index (χ1v) is 8.81. The Morgan fingerprint density at radius 2 is 2.12 bits per heavy atom. The molecule has 0 atom stereocenters. The van der Waals surface area contributed by atoms with E-state index < -0.39 is 0 Å². The van der Waals surface area contributed by atoms with Crippen LogP contribution >= 0.6 is 0 Å². The SMILES string of the molecule is Cn1nccc1-c1[nH]ncc1C(=O)NCCN1CCc2ccccc2C1. The van der Waals surface area contributed by atoms with Gasteiger partial charge >= 0.3 is 0 Å². The molecule has 0 radical (unpaired) electrons. The van der Waals surface area contributed by atoms with Crippen molar-refractivity contribution in [2.45, 2.75) is 13.0 Å². The predicted molar refractivity (Wildman–Crippen MR) is 98.5 cm³/mol. The van der Waals surface area contributed by atoms with E-state index in [9.17, 15) is 4.79 Å². The molecule has 0 unspecified atom stereocenters. The van der Waals surface area contributed by atoms with E-state index in [1.54, 1.807) is 17.1 Å². The average molecular weight is 350 g/mol. The van der Waals surface area contributed by atoms with Gasteiger partial charge in [-0.25, -0.2) is 0 Å². The molecule has 1 aliphatic heterocycles. The molecule has 4 rings (SSSR count). The molecule has 0 spiro atoms. The van der Waals surface area contributed by atoms with E-state index in [2.05, 4.69) is 49.8 Å². The first-order valence-electron chi connectivity index (χ1n) is 8.81. The van der Waals surface area contributed by atoms with Gasteiger partial charge in [-0.3, -0.25) is 19.5 Å². The van der Waals surface area contributed by atoms with Crippen LogP contribution in [-0.2, 0) is 20.0 Å². The highest BCUT2D eigenvalue weighted by Crippen LogP contribution is 2.20. The second-order valence-electron chi connectivity index (χ2n) is 6.55. The highest BCUT2D eigenvalue weighted by Gasteiger charge is 2.18. The molecule has 0 aliphatic carbocycles. The molecule has 0 saturated heterocycles. The van der Waals surface area contributed by atoms with Crippen LogP contribution in [0.4, 0.5) is 0 Å². The molecule has 0 bridgehead atoms. The van der Waals surface area contributed by atoms with E-state index in [0.29, 0.717) is 17.8 Å². The fourth-order valence-corrected chi connectivity index (χ4v) is 3.44. The number of aromatic amines is 1. The van der Waals surface area contributed by atoms with E-state index in [4.69, 9.17) is 0 Å². The maximum atomic E-state index is 12.6. The molecular weight excluding hydrogens is 328 g/mol. The molecule has 0 saturated carbocycles. The van der Waals surface area contributed by atoms with Crippen LogP contribution in [0, 0.1) is 0 Å². The Bertz CT molecular complexity index is 912. The number of hydrogen-bond acceptors (Lipinski definition) is 4. The summed E-state index contributed by atoms with van der Waals surface area (Å²) in [6.45, 7) is 3.41. The van der Waals surface area contributed by atoms with Crippen molar-refractivity contribution in [1.29, 1.82) is 0 Å². The highest BCUT2D eigenvalue weighted by atomic mass is 16.1. The molecule has 2 N–H and O–H groups in total. The van der Waals surface area contributed by atoms with Gasteiger partial charge in [-0.2, -0.15) is 10.2 Å². The Kier molecular flexibility index (Phi) is 4.53. The first kappa shape index (κ1) is 16.5. The molecule has 3 heterocycles. The lowest BCUT2D eigenvalue weighted by molar-refractivity contribution is 0.0948. The average Bonchev–Trinajstić information content (AvgIpc) is 3.30. The van der Waals surface area contributed by atoms with Gasteiger partial charge in [0.25, 0.3) is 5.91 Å². The second-order valence-corrected chi connectivity index (χ2v) is 6.55. The first-order chi connectivity index (χ1) is 12.7. The lowest BCUT2D eigenvalue weighted by Gasteiger charge is -2.28. The minimum atomic E-state index is -0.118. The topological polar surface area (TPSA) is 78.8 Å². The Morgan fingerprint density at radius 3 is 2.92 bits per heavy atom. The maximum absolute atomic E-state index is 12.6. The summed E-state index contributed by atoms with van der Waals surface area (Å²) in [7, 11) is 1.84. The number of benzene rings is 1. The number of nitrogens with one attached hydrogen (secondary N) is 2. The molecule has 7 nitrogen and oxygen atoms in total. The monoisotopic (exact) mass is 350 g/mol. The van der Waals surface area contributed by atoms with Crippen LogP contribution < -0.4 is 5.32 Å². The van der Waals surface area contributed by atoms with E-state index >= 15 is 0 Å². The summed E-state index contributed by atoms with van der Waals surface area (Å²) in [5.41, 5.74) is 4.89. The van der Waals surface area contributed by atoms with E-state index in [1.807, 2.05) is 13.1 Å². The van der Waals surface area contributed by atoms with Crippen LogP contribution in [-0.4, -0.2) is 50.4 Å². The Morgan fingerprint density at radius 1 is 1.27 bits per heavy atom. The summed E-state index contributed by atoms with van der Waals surface area (Å²) in [5.74, 6) is -0.118. The van der Waals surface area contributed by atoms with Crippen LogP contribution in [0.1, 0.15) is 21.5 Å². The van der Waals surface area contributed by atoms with Gasteiger partial charge in [-0.05, 0) is 23.6 Å². The van der Waals surface area contributed by atoms with Crippen molar-refractivity contribution in [3.8, 4) is 11.4 Å². The van der Waals surface area contributed by atoms with Gasteiger partial charge in [0.1, 0.15) is 0 Å². The zero-order chi connectivity index (χ0) is 17.9. The smallest absolute Gasteiger partial charge is 0.255 e. The van der Waals surface area contributed by atoms with Gasteiger partial charge in [-0.1, -0.05) is 24.3 Å². The summed E-state index contributed by atoms with van der Waals surface area (Å²) >= 11 is 0. The molecule has 1 amide bonds. The van der Waals surface area contributed by atoms with E-state index in [-0.39, 0.29) is 5.91 Å². The van der Waals surface area contributed by atoms with Crippen LogP contribution in [0.2, 0.25) is 0 Å². The minimum absolute atomic E-state index is 0.118. The number of fused-ring (bicyclic) bond motifs is 1. The molecule has 26 heavy (non-hydrogen) atoms. The van der Waals surface area contributed by atoms with Crippen molar-refractivity contribution in [3.05, 3.63) is 59.4 Å². The zero-order valence-electron chi connectivity index (χ0n) is 14.8. The number of amides is 1. The number of aryl methyl sites for hydroxylation is 1. The third-order valence-corrected chi connectivity index (χ3v) is 4.88. The number of rotatable bonds is 5. The predicted octanol–water partition coefficient (Wildman–Crippen LogP) is 1.60. The van der Waals surface area contributed by atoms with E-state index in [0.717, 1.165) is 31.7 Å². The number of carbonyl (C=O) groups excluding carboxylic acids is 1. The highest BCUT2D eigenvalue weighted by molar-refractivity contribution is 5.99. The number of H-pyrrole nitrogens is 1. The van der Waals surface area contributed by atoms with Crippen molar-refractivity contribution in [2.75, 3.05) is 19.6 Å². The van der Waals surface area contributed by atoms with Gasteiger partial charge in [-0.15, -0.1) is 0 Å². The molecule has 134 valence electrons. The molecule has 1 aromatic carbocycles. The number of carbonyl (C=O) groups is 1. The second kappa shape index (κ2) is 7.13. The third-order valence-electron chi connectivity index (χ3n) is 4.88. The van der Waals surface area contributed by atoms with Crippen molar-refractivity contribution >= 4 is 5.91 Å². The van der Waals surface area contributed by atoms with Crippen molar-refractivity contribution < 1.29 is 4.79 Å². The van der Waals surface area contributed by atoms with Gasteiger partial charge in [0, 0.05) is 39.4 Å². The third kappa shape index (κ3) is 3.25. The van der Waals surface area contributed by atoms with Gasteiger partial charge in [0.2, 0.25) is 0 Å². The lowest BCUT2D eigenvalue weighted by atomic mass is 10.00. The van der Waals surface area contributed by atoms with Gasteiger partial charge in [0.05, 0.1) is 23.1 Å². The van der Waals surface area contributed by atoms with Crippen molar-refractivity contribution in [3.63, 3.8) is 0 Å². The van der Waals surface area contributed by atoms with Crippen molar-refractivity contribution in [1.82, 2.24) is 30.2 Å². The van der Waals surface area contributed by atoms with Crippen LogP contribution in [0.3, 0.4) is 0 Å². The fraction of sp³-hybridized carbons (Fsp3) is 0.316.